The van der Waals surface area contributed by atoms with Crippen LogP contribution in [0, 0.1) is 17.2 Å². The second-order valence-corrected chi connectivity index (χ2v) is 3.10. The molecule has 1 fully saturated rings. The zero-order valence-electron chi connectivity index (χ0n) is 5.31. The molecule has 0 amide bonds. The van der Waals surface area contributed by atoms with Gasteiger partial charge in [-0.25, -0.2) is 0 Å². The Kier molecular flexibility index (Phi) is 2.36. The fourth-order valence-corrected chi connectivity index (χ4v) is 1.57. The Morgan fingerprint density at radius 2 is 2.00 bits per heavy atom. The minimum atomic E-state index is 0.125. The van der Waals surface area contributed by atoms with Crippen molar-refractivity contribution in [3.63, 3.8) is 0 Å². The first kappa shape index (κ1) is 6.89. The van der Waals surface area contributed by atoms with Crippen LogP contribution >= 0.6 is 11.6 Å². The molecule has 0 bridgehead atoms. The average Bonchev–Trinajstić information content (AvgIpc) is 1.89. The van der Waals surface area contributed by atoms with Crippen LogP contribution in [0.25, 0.3) is 0 Å². The Morgan fingerprint density at radius 3 is 2.44 bits per heavy atom. The summed E-state index contributed by atoms with van der Waals surface area (Å²) >= 11 is 5.86. The lowest BCUT2D eigenvalue weighted by Gasteiger charge is -2.20. The van der Waals surface area contributed by atoms with E-state index in [4.69, 9.17) is 16.9 Å². The number of halogens is 1. The molecule has 0 aromatic heterocycles. The van der Waals surface area contributed by atoms with E-state index in [9.17, 15) is 0 Å². The van der Waals surface area contributed by atoms with E-state index < -0.39 is 0 Å². The quantitative estimate of drug-likeness (QED) is 0.478. The molecule has 1 aliphatic rings. The van der Waals surface area contributed by atoms with E-state index in [1.807, 2.05) is 0 Å². The molecule has 0 heterocycles. The second kappa shape index (κ2) is 3.08. The average molecular weight is 144 g/mol. The third-order valence-electron chi connectivity index (χ3n) is 1.85. The molecule has 1 rings (SSSR count). The molecule has 2 unspecified atom stereocenters. The van der Waals surface area contributed by atoms with Crippen LogP contribution in [0.1, 0.15) is 25.7 Å². The maximum absolute atomic E-state index is 8.53. The smallest absolute Gasteiger partial charge is 0.0671 e. The molecule has 0 saturated heterocycles. The normalized spacial score (nSPS) is 35.6. The van der Waals surface area contributed by atoms with E-state index >= 15 is 0 Å². The lowest BCUT2D eigenvalue weighted by Crippen LogP contribution is -2.17. The van der Waals surface area contributed by atoms with Gasteiger partial charge in [0.25, 0.3) is 0 Å². The first-order valence-corrected chi connectivity index (χ1v) is 3.82. The van der Waals surface area contributed by atoms with Crippen molar-refractivity contribution in [3.05, 3.63) is 0 Å². The van der Waals surface area contributed by atoms with Gasteiger partial charge in [0.15, 0.2) is 0 Å². The molecule has 0 aromatic carbocycles. The van der Waals surface area contributed by atoms with E-state index in [-0.39, 0.29) is 11.3 Å². The Balaban J connectivity index is 2.41. The second-order valence-electron chi connectivity index (χ2n) is 2.54. The van der Waals surface area contributed by atoms with Gasteiger partial charge in [-0.05, 0) is 12.8 Å². The molecule has 0 radical (unpaired) electrons. The molecule has 50 valence electrons. The van der Waals surface area contributed by atoms with Crippen molar-refractivity contribution in [2.75, 3.05) is 0 Å². The van der Waals surface area contributed by atoms with Crippen LogP contribution < -0.4 is 0 Å². The third kappa shape index (κ3) is 1.59. The molecule has 0 spiro atoms. The first-order chi connectivity index (χ1) is 4.34. The minimum Gasteiger partial charge on any atom is -0.198 e. The van der Waals surface area contributed by atoms with Crippen molar-refractivity contribution >= 4 is 11.6 Å². The molecule has 2 heteroatoms. The fourth-order valence-electron chi connectivity index (χ4n) is 1.23. The van der Waals surface area contributed by atoms with E-state index in [1.165, 1.54) is 12.8 Å². The molecule has 1 saturated carbocycles. The van der Waals surface area contributed by atoms with Crippen LogP contribution in [0.5, 0.6) is 0 Å². The van der Waals surface area contributed by atoms with Gasteiger partial charge in [-0.2, -0.15) is 5.26 Å². The van der Waals surface area contributed by atoms with Crippen LogP contribution in [0.2, 0.25) is 0 Å². The number of alkyl halides is 1. The summed E-state index contributed by atoms with van der Waals surface area (Å²) in [6.45, 7) is 0. The zero-order valence-corrected chi connectivity index (χ0v) is 6.06. The zero-order chi connectivity index (χ0) is 6.69. The lowest BCUT2D eigenvalue weighted by molar-refractivity contribution is 0.434. The molecule has 0 N–H and O–H groups in total. The summed E-state index contributed by atoms with van der Waals surface area (Å²) in [5, 5.41) is 8.66. The minimum absolute atomic E-state index is 0.125. The molecule has 1 aliphatic carbocycles. The highest BCUT2D eigenvalue weighted by Gasteiger charge is 2.21. The van der Waals surface area contributed by atoms with Crippen LogP contribution in [0.15, 0.2) is 0 Å². The van der Waals surface area contributed by atoms with Crippen LogP contribution in [0.4, 0.5) is 0 Å². The van der Waals surface area contributed by atoms with Crippen LogP contribution in [-0.4, -0.2) is 5.38 Å². The first-order valence-electron chi connectivity index (χ1n) is 3.38. The van der Waals surface area contributed by atoms with Gasteiger partial charge in [0.05, 0.1) is 12.0 Å². The summed E-state index contributed by atoms with van der Waals surface area (Å²) in [5.74, 6) is 0.125. The molecule has 0 aromatic rings. The molecular weight excluding hydrogens is 134 g/mol. The highest BCUT2D eigenvalue weighted by atomic mass is 35.5. The molecule has 1 nitrogen and oxygen atoms in total. The summed E-state index contributed by atoms with van der Waals surface area (Å²) in [7, 11) is 0. The van der Waals surface area contributed by atoms with Gasteiger partial charge < -0.3 is 0 Å². The van der Waals surface area contributed by atoms with Gasteiger partial charge in [-0.15, -0.1) is 11.6 Å². The van der Waals surface area contributed by atoms with Crippen molar-refractivity contribution in [3.8, 4) is 6.07 Å². The summed E-state index contributed by atoms with van der Waals surface area (Å²) in [4.78, 5) is 0. The van der Waals surface area contributed by atoms with E-state index in [0.717, 1.165) is 12.8 Å². The monoisotopic (exact) mass is 143 g/mol. The van der Waals surface area contributed by atoms with Crippen molar-refractivity contribution in [1.82, 2.24) is 0 Å². The number of rotatable bonds is 0. The summed E-state index contributed by atoms with van der Waals surface area (Å²) in [6.07, 6.45) is 4.41. The number of hydrogen-bond acceptors (Lipinski definition) is 1. The maximum atomic E-state index is 8.53. The SMILES string of the molecule is N#CC1CCCCC1Cl. The largest absolute Gasteiger partial charge is 0.198 e. The summed E-state index contributed by atoms with van der Waals surface area (Å²) in [6, 6.07) is 2.22. The third-order valence-corrected chi connectivity index (χ3v) is 2.37. The van der Waals surface area contributed by atoms with Gasteiger partial charge in [-0.1, -0.05) is 12.8 Å². The van der Waals surface area contributed by atoms with Gasteiger partial charge >= 0.3 is 0 Å². The lowest BCUT2D eigenvalue weighted by atomic mass is 9.90. The van der Waals surface area contributed by atoms with Gasteiger partial charge in [0, 0.05) is 5.38 Å². The Morgan fingerprint density at radius 1 is 1.33 bits per heavy atom. The highest BCUT2D eigenvalue weighted by molar-refractivity contribution is 6.21. The fraction of sp³-hybridized carbons (Fsp3) is 0.857. The van der Waals surface area contributed by atoms with Crippen LogP contribution in [0.3, 0.4) is 0 Å². The van der Waals surface area contributed by atoms with Crippen molar-refractivity contribution in [2.24, 2.45) is 5.92 Å². The van der Waals surface area contributed by atoms with Gasteiger partial charge in [0.2, 0.25) is 0 Å². The van der Waals surface area contributed by atoms with Crippen molar-refractivity contribution in [1.29, 1.82) is 5.26 Å². The summed E-state index contributed by atoms with van der Waals surface area (Å²) < 4.78 is 0. The number of nitrogens with zero attached hydrogens (tertiary/aromatic N) is 1. The molecule has 0 aliphatic heterocycles. The Hall–Kier alpha value is -0.220. The van der Waals surface area contributed by atoms with E-state index in [0.29, 0.717) is 0 Å². The van der Waals surface area contributed by atoms with E-state index in [2.05, 4.69) is 6.07 Å². The molecule has 9 heavy (non-hydrogen) atoms. The standard InChI is InChI=1S/C7H10ClN/c8-7-4-2-1-3-6(7)5-9/h6-7H,1-4H2. The summed E-state index contributed by atoms with van der Waals surface area (Å²) in [5.41, 5.74) is 0. The van der Waals surface area contributed by atoms with Crippen LogP contribution in [-0.2, 0) is 0 Å². The topological polar surface area (TPSA) is 23.8 Å². The Bertz CT molecular complexity index is 127. The predicted octanol–water partition coefficient (Wildman–Crippen LogP) is 2.31. The highest BCUT2D eigenvalue weighted by Crippen LogP contribution is 2.27. The maximum Gasteiger partial charge on any atom is 0.0671 e. The van der Waals surface area contributed by atoms with Gasteiger partial charge in [-0.3, -0.25) is 0 Å². The van der Waals surface area contributed by atoms with E-state index in [1.54, 1.807) is 0 Å². The number of nitriles is 1. The number of hydrogen-bond donors (Lipinski definition) is 0. The molecular formula is C7H10ClN. The Labute approximate surface area is 60.6 Å². The van der Waals surface area contributed by atoms with Crippen molar-refractivity contribution in [2.45, 2.75) is 31.1 Å². The predicted molar refractivity (Wildman–Crippen MR) is 37.2 cm³/mol. The van der Waals surface area contributed by atoms with Crippen molar-refractivity contribution < 1.29 is 0 Å². The molecule has 2 atom stereocenters. The van der Waals surface area contributed by atoms with Gasteiger partial charge in [0.1, 0.15) is 0 Å².